The van der Waals surface area contributed by atoms with Gasteiger partial charge in [0.15, 0.2) is 11.5 Å². The van der Waals surface area contributed by atoms with E-state index in [9.17, 15) is 10.1 Å². The number of hydrogen-bond acceptors (Lipinski definition) is 4. The van der Waals surface area contributed by atoms with Crippen molar-refractivity contribution in [2.75, 3.05) is 14.2 Å². The van der Waals surface area contributed by atoms with Crippen molar-refractivity contribution >= 4 is 5.97 Å². The number of benzene rings is 1. The fourth-order valence-corrected chi connectivity index (χ4v) is 2.43. The molecule has 0 bridgehead atoms. The van der Waals surface area contributed by atoms with Crippen molar-refractivity contribution in [3.8, 4) is 17.6 Å². The van der Waals surface area contributed by atoms with E-state index < -0.39 is 5.97 Å². The molecule has 0 aromatic heterocycles. The van der Waals surface area contributed by atoms with E-state index in [-0.39, 0.29) is 24.2 Å². The van der Waals surface area contributed by atoms with Crippen LogP contribution in [0.1, 0.15) is 31.7 Å². The van der Waals surface area contributed by atoms with Gasteiger partial charge in [-0.25, -0.2) is 0 Å². The summed E-state index contributed by atoms with van der Waals surface area (Å²) in [5, 5.41) is 18.5. The number of carbonyl (C=O) groups is 1. The third-order valence-corrected chi connectivity index (χ3v) is 3.53. The lowest BCUT2D eigenvalue weighted by Crippen LogP contribution is -2.20. The Morgan fingerprint density at radius 3 is 2.33 bits per heavy atom. The number of ether oxygens (including phenoxy) is 2. The van der Waals surface area contributed by atoms with Crippen LogP contribution >= 0.6 is 0 Å². The van der Waals surface area contributed by atoms with Gasteiger partial charge in [-0.05, 0) is 23.6 Å². The van der Waals surface area contributed by atoms with Crippen LogP contribution in [0.5, 0.6) is 11.5 Å². The predicted octanol–water partition coefficient (Wildman–Crippen LogP) is 3.06. The second-order valence-corrected chi connectivity index (χ2v) is 5.22. The Hall–Kier alpha value is -2.22. The van der Waals surface area contributed by atoms with Gasteiger partial charge in [-0.15, -0.1) is 0 Å². The number of aliphatic carboxylic acids is 1. The van der Waals surface area contributed by atoms with Gasteiger partial charge in [0.2, 0.25) is 0 Å². The van der Waals surface area contributed by atoms with Gasteiger partial charge < -0.3 is 14.6 Å². The molecule has 2 atom stereocenters. The number of nitrogens with zero attached hydrogens (tertiary/aromatic N) is 1. The summed E-state index contributed by atoms with van der Waals surface area (Å²) in [6, 6.07) is 7.51. The maximum absolute atomic E-state index is 11.1. The zero-order chi connectivity index (χ0) is 16.0. The standard InChI is InChI=1S/C16H21NO4/c1-10(2)13(9-17)12(8-16(18)19)11-5-6-14(20-3)15(7-11)21-4/h5-7,10,12-13H,8H2,1-4H3,(H,18,19)/t12?,13-/m0/s1. The molecule has 0 saturated carbocycles. The first-order valence-corrected chi connectivity index (χ1v) is 6.77. The van der Waals surface area contributed by atoms with Gasteiger partial charge in [0.05, 0.1) is 32.6 Å². The van der Waals surface area contributed by atoms with Crippen LogP contribution < -0.4 is 9.47 Å². The molecular weight excluding hydrogens is 270 g/mol. The summed E-state index contributed by atoms with van der Waals surface area (Å²) >= 11 is 0. The SMILES string of the molecule is COc1ccc(C(CC(=O)O)[C@@H](C#N)C(C)C)cc1OC. The van der Waals surface area contributed by atoms with Gasteiger partial charge in [0.1, 0.15) is 0 Å². The molecule has 1 N–H and O–H groups in total. The van der Waals surface area contributed by atoms with Crippen LogP contribution in [0.15, 0.2) is 18.2 Å². The smallest absolute Gasteiger partial charge is 0.304 e. The molecule has 1 unspecified atom stereocenters. The molecule has 0 aliphatic carbocycles. The normalized spacial score (nSPS) is 13.3. The Morgan fingerprint density at radius 1 is 1.29 bits per heavy atom. The number of nitriles is 1. The number of methoxy groups -OCH3 is 2. The zero-order valence-electron chi connectivity index (χ0n) is 12.8. The molecule has 0 saturated heterocycles. The molecule has 0 spiro atoms. The van der Waals surface area contributed by atoms with E-state index >= 15 is 0 Å². The number of carboxylic acids is 1. The Bertz CT molecular complexity index is 534. The first-order chi connectivity index (χ1) is 9.94. The molecule has 1 aromatic rings. The van der Waals surface area contributed by atoms with Crippen molar-refractivity contribution in [3.05, 3.63) is 23.8 Å². The number of rotatable bonds is 7. The van der Waals surface area contributed by atoms with Crippen LogP contribution in [0.4, 0.5) is 0 Å². The molecule has 114 valence electrons. The third kappa shape index (κ3) is 4.12. The van der Waals surface area contributed by atoms with Gasteiger partial charge in [-0.1, -0.05) is 19.9 Å². The van der Waals surface area contributed by atoms with Gasteiger partial charge in [0, 0.05) is 5.92 Å². The highest BCUT2D eigenvalue weighted by molar-refractivity contribution is 5.68. The van der Waals surface area contributed by atoms with Crippen LogP contribution in [-0.2, 0) is 4.79 Å². The average Bonchev–Trinajstić information content (AvgIpc) is 2.45. The topological polar surface area (TPSA) is 79.5 Å². The molecule has 0 aliphatic heterocycles. The van der Waals surface area contributed by atoms with E-state index in [1.807, 2.05) is 13.8 Å². The van der Waals surface area contributed by atoms with Crippen molar-refractivity contribution in [2.24, 2.45) is 11.8 Å². The molecule has 0 amide bonds. The van der Waals surface area contributed by atoms with E-state index in [1.54, 1.807) is 25.3 Å². The van der Waals surface area contributed by atoms with E-state index in [4.69, 9.17) is 14.6 Å². The average molecular weight is 291 g/mol. The lowest BCUT2D eigenvalue weighted by Gasteiger charge is -2.24. The summed E-state index contributed by atoms with van der Waals surface area (Å²) in [5.74, 6) is -0.506. The number of hydrogen-bond donors (Lipinski definition) is 1. The quantitative estimate of drug-likeness (QED) is 0.835. The van der Waals surface area contributed by atoms with Crippen molar-refractivity contribution in [2.45, 2.75) is 26.2 Å². The Morgan fingerprint density at radius 2 is 1.90 bits per heavy atom. The minimum Gasteiger partial charge on any atom is -0.493 e. The Labute approximate surface area is 125 Å². The maximum atomic E-state index is 11.1. The largest absolute Gasteiger partial charge is 0.493 e. The van der Waals surface area contributed by atoms with Crippen molar-refractivity contribution in [1.29, 1.82) is 5.26 Å². The van der Waals surface area contributed by atoms with Crippen LogP contribution in [0.3, 0.4) is 0 Å². The maximum Gasteiger partial charge on any atom is 0.304 e. The first kappa shape index (κ1) is 16.8. The van der Waals surface area contributed by atoms with E-state index in [0.29, 0.717) is 11.5 Å². The van der Waals surface area contributed by atoms with E-state index in [0.717, 1.165) is 5.56 Å². The minimum atomic E-state index is -0.921. The minimum absolute atomic E-state index is 0.0625. The second kappa shape index (κ2) is 7.53. The summed E-state index contributed by atoms with van der Waals surface area (Å²) in [6.45, 7) is 3.84. The summed E-state index contributed by atoms with van der Waals surface area (Å²) in [4.78, 5) is 11.1. The third-order valence-electron chi connectivity index (χ3n) is 3.53. The summed E-state index contributed by atoms with van der Waals surface area (Å²) in [5.41, 5.74) is 0.773. The molecule has 1 aromatic carbocycles. The van der Waals surface area contributed by atoms with Crippen LogP contribution in [-0.4, -0.2) is 25.3 Å². The molecule has 1 rings (SSSR count). The molecule has 0 fully saturated rings. The highest BCUT2D eigenvalue weighted by Gasteiger charge is 2.29. The molecule has 0 radical (unpaired) electrons. The lowest BCUT2D eigenvalue weighted by atomic mass is 9.78. The Kier molecular flexibility index (Phi) is 6.04. The van der Waals surface area contributed by atoms with Gasteiger partial charge in [-0.3, -0.25) is 4.79 Å². The number of carboxylic acid groups (broad SMARTS) is 1. The van der Waals surface area contributed by atoms with Gasteiger partial charge in [-0.2, -0.15) is 5.26 Å². The molecule has 0 aliphatic rings. The molecule has 5 heteroatoms. The monoisotopic (exact) mass is 291 g/mol. The van der Waals surface area contributed by atoms with E-state index in [2.05, 4.69) is 6.07 Å². The fourth-order valence-electron chi connectivity index (χ4n) is 2.43. The molecule has 5 nitrogen and oxygen atoms in total. The zero-order valence-corrected chi connectivity index (χ0v) is 12.8. The van der Waals surface area contributed by atoms with Crippen molar-refractivity contribution < 1.29 is 19.4 Å². The molecule has 21 heavy (non-hydrogen) atoms. The highest BCUT2D eigenvalue weighted by Crippen LogP contribution is 2.37. The highest BCUT2D eigenvalue weighted by atomic mass is 16.5. The molecule has 0 heterocycles. The Balaban J connectivity index is 3.26. The second-order valence-electron chi connectivity index (χ2n) is 5.22. The van der Waals surface area contributed by atoms with Gasteiger partial charge >= 0.3 is 5.97 Å². The summed E-state index contributed by atoms with van der Waals surface area (Å²) < 4.78 is 10.4. The van der Waals surface area contributed by atoms with E-state index in [1.165, 1.54) is 7.11 Å². The fraction of sp³-hybridized carbons (Fsp3) is 0.500. The van der Waals surface area contributed by atoms with Gasteiger partial charge in [0.25, 0.3) is 0 Å². The summed E-state index contributed by atoms with van der Waals surface area (Å²) in [7, 11) is 3.07. The van der Waals surface area contributed by atoms with Crippen LogP contribution in [0.25, 0.3) is 0 Å². The summed E-state index contributed by atoms with van der Waals surface area (Å²) in [6.07, 6.45) is -0.0914. The molecular formula is C16H21NO4. The predicted molar refractivity (Wildman–Crippen MR) is 78.5 cm³/mol. The van der Waals surface area contributed by atoms with Crippen LogP contribution in [0.2, 0.25) is 0 Å². The van der Waals surface area contributed by atoms with Crippen LogP contribution in [0, 0.1) is 23.2 Å². The first-order valence-electron chi connectivity index (χ1n) is 6.77. The van der Waals surface area contributed by atoms with Crippen molar-refractivity contribution in [3.63, 3.8) is 0 Å². The lowest BCUT2D eigenvalue weighted by molar-refractivity contribution is -0.137. The van der Waals surface area contributed by atoms with Crippen molar-refractivity contribution in [1.82, 2.24) is 0 Å².